The van der Waals surface area contributed by atoms with Crippen molar-refractivity contribution in [2.24, 2.45) is 5.92 Å². The van der Waals surface area contributed by atoms with Crippen molar-refractivity contribution in [2.45, 2.75) is 58.3 Å². The fourth-order valence-electron chi connectivity index (χ4n) is 3.52. The van der Waals surface area contributed by atoms with Gasteiger partial charge in [0.25, 0.3) is 10.9 Å². The van der Waals surface area contributed by atoms with Gasteiger partial charge in [0.15, 0.2) is 0 Å². The maximum absolute atomic E-state index is 11.9. The van der Waals surface area contributed by atoms with Crippen molar-refractivity contribution >= 4 is 17.1 Å². The fraction of sp³-hybridized carbons (Fsp3) is 0.524. The average molecular weight is 340 g/mol. The number of nitrogens with one attached hydrogen (secondary N) is 2. The molecule has 3 rings (SSSR count). The fourth-order valence-corrected chi connectivity index (χ4v) is 3.52. The maximum Gasteiger partial charge on any atom is 0.253 e. The lowest BCUT2D eigenvalue weighted by atomic mass is 9.84. The summed E-state index contributed by atoms with van der Waals surface area (Å²) in [6.45, 7) is 4.94. The zero-order valence-corrected chi connectivity index (χ0v) is 15.2. The van der Waals surface area contributed by atoms with E-state index in [1.807, 2.05) is 12.1 Å². The largest absolute Gasteiger partial charge is 0.380 e. The predicted molar refractivity (Wildman–Crippen MR) is 105 cm³/mol. The van der Waals surface area contributed by atoms with Gasteiger partial charge in [-0.2, -0.15) is 0 Å². The van der Waals surface area contributed by atoms with Crippen molar-refractivity contribution in [3.63, 3.8) is 0 Å². The topological polar surface area (TPSA) is 58.2 Å². The third-order valence-corrected chi connectivity index (χ3v) is 5.49. The van der Waals surface area contributed by atoms with Gasteiger partial charge >= 0.3 is 0 Å². The highest BCUT2D eigenvalue weighted by Crippen LogP contribution is 2.33. The third-order valence-electron chi connectivity index (χ3n) is 5.49. The summed E-state index contributed by atoms with van der Waals surface area (Å²) in [6, 6.07) is 8.32. The smallest absolute Gasteiger partial charge is 0.253 e. The van der Waals surface area contributed by atoms with Crippen molar-refractivity contribution in [3.8, 4) is 0 Å². The minimum atomic E-state index is -0.428. The Hall–Kier alpha value is -2.10. The normalized spacial score (nSPS) is 16.7. The first-order valence-corrected chi connectivity index (χ1v) is 9.54. The zero-order chi connectivity index (χ0) is 17.8. The monoisotopic (exact) mass is 340 g/mol. The van der Waals surface area contributed by atoms with Crippen LogP contribution in [0.25, 0.3) is 0 Å². The van der Waals surface area contributed by atoms with Crippen LogP contribution in [0.1, 0.15) is 63.9 Å². The Bertz CT molecular complexity index is 766. The van der Waals surface area contributed by atoms with Gasteiger partial charge in [0, 0.05) is 12.2 Å². The molecule has 134 valence electrons. The van der Waals surface area contributed by atoms with E-state index in [1.54, 1.807) is 0 Å². The first-order chi connectivity index (χ1) is 12.1. The Morgan fingerprint density at radius 3 is 2.28 bits per heavy atom. The second-order valence-electron chi connectivity index (χ2n) is 7.38. The van der Waals surface area contributed by atoms with Crippen LogP contribution >= 0.6 is 0 Å². The van der Waals surface area contributed by atoms with E-state index in [0.29, 0.717) is 29.8 Å². The van der Waals surface area contributed by atoms with Crippen molar-refractivity contribution in [3.05, 3.63) is 50.3 Å². The van der Waals surface area contributed by atoms with Crippen LogP contribution in [0, 0.1) is 5.92 Å². The minimum absolute atomic E-state index is 0.402. The van der Waals surface area contributed by atoms with Crippen LogP contribution in [0.5, 0.6) is 0 Å². The molecule has 1 saturated carbocycles. The average Bonchev–Trinajstić information content (AvgIpc) is 2.67. The van der Waals surface area contributed by atoms with Gasteiger partial charge in [0.2, 0.25) is 0 Å². The maximum atomic E-state index is 11.9. The van der Waals surface area contributed by atoms with E-state index in [0.717, 1.165) is 12.1 Å². The molecule has 0 saturated heterocycles. The Kier molecular flexibility index (Phi) is 5.57. The summed E-state index contributed by atoms with van der Waals surface area (Å²) >= 11 is 0. The summed E-state index contributed by atoms with van der Waals surface area (Å²) in [5.74, 6) is 1.13. The van der Waals surface area contributed by atoms with Crippen molar-refractivity contribution in [1.82, 2.24) is 0 Å². The molecule has 0 spiro atoms. The van der Waals surface area contributed by atoms with Gasteiger partial charge in [-0.15, -0.1) is 0 Å². The summed E-state index contributed by atoms with van der Waals surface area (Å²) in [5.41, 5.74) is 2.23. The van der Waals surface area contributed by atoms with E-state index in [1.165, 1.54) is 37.7 Å². The summed E-state index contributed by atoms with van der Waals surface area (Å²) in [6.07, 6.45) is 7.57. The Morgan fingerprint density at radius 1 is 1.00 bits per heavy atom. The molecule has 2 aromatic rings. The lowest BCUT2D eigenvalue weighted by molar-refractivity contribution is 0.443. The number of hydrogen-bond acceptors (Lipinski definition) is 4. The zero-order valence-electron chi connectivity index (χ0n) is 15.2. The summed E-state index contributed by atoms with van der Waals surface area (Å²) < 4.78 is 0. The highest BCUT2D eigenvalue weighted by atomic mass is 16.2. The van der Waals surface area contributed by atoms with E-state index in [2.05, 4.69) is 36.6 Å². The van der Waals surface area contributed by atoms with E-state index in [4.69, 9.17) is 0 Å². The van der Waals surface area contributed by atoms with E-state index >= 15 is 0 Å². The second kappa shape index (κ2) is 7.85. The summed E-state index contributed by atoms with van der Waals surface area (Å²) in [4.78, 5) is 23.7. The first kappa shape index (κ1) is 17.7. The molecule has 0 aromatic heterocycles. The SMILES string of the molecule is CCC(C)CNc1c(Nc2ccc(C3CCCCC3)cc2)c(=O)c1=O. The Balaban J connectivity index is 1.67. The third kappa shape index (κ3) is 3.94. The number of benzene rings is 1. The molecule has 4 nitrogen and oxygen atoms in total. The molecule has 1 unspecified atom stereocenters. The molecule has 0 amide bonds. The Labute approximate surface area is 149 Å². The highest BCUT2D eigenvalue weighted by molar-refractivity contribution is 5.78. The molecular formula is C21H28N2O2. The van der Waals surface area contributed by atoms with Gasteiger partial charge in [-0.25, -0.2) is 0 Å². The molecule has 0 aliphatic heterocycles. The molecular weight excluding hydrogens is 312 g/mol. The van der Waals surface area contributed by atoms with Crippen LogP contribution < -0.4 is 21.5 Å². The standard InChI is InChI=1S/C21H28N2O2/c1-3-14(2)13-22-18-19(21(25)20(18)24)23-17-11-9-16(10-12-17)15-7-5-4-6-8-15/h9-12,14-15,22-23H,3-8,13H2,1-2H3. The number of anilines is 3. The van der Waals surface area contributed by atoms with Crippen molar-refractivity contribution in [2.75, 3.05) is 17.2 Å². The van der Waals surface area contributed by atoms with Gasteiger partial charge in [0.05, 0.1) is 0 Å². The van der Waals surface area contributed by atoms with Gasteiger partial charge < -0.3 is 10.6 Å². The number of rotatable bonds is 7. The first-order valence-electron chi connectivity index (χ1n) is 9.54. The van der Waals surface area contributed by atoms with E-state index in [-0.39, 0.29) is 0 Å². The van der Waals surface area contributed by atoms with Gasteiger partial charge in [-0.05, 0) is 42.4 Å². The molecule has 1 aliphatic carbocycles. The van der Waals surface area contributed by atoms with Crippen LogP contribution in [0.15, 0.2) is 33.9 Å². The molecule has 1 fully saturated rings. The van der Waals surface area contributed by atoms with Crippen molar-refractivity contribution < 1.29 is 0 Å². The molecule has 25 heavy (non-hydrogen) atoms. The minimum Gasteiger partial charge on any atom is -0.380 e. The van der Waals surface area contributed by atoms with E-state index in [9.17, 15) is 9.59 Å². The molecule has 1 aliphatic rings. The molecule has 1 atom stereocenters. The summed E-state index contributed by atoms with van der Waals surface area (Å²) in [7, 11) is 0. The summed E-state index contributed by atoms with van der Waals surface area (Å²) in [5, 5.41) is 6.26. The highest BCUT2D eigenvalue weighted by Gasteiger charge is 2.21. The second-order valence-corrected chi connectivity index (χ2v) is 7.38. The molecule has 2 N–H and O–H groups in total. The van der Waals surface area contributed by atoms with E-state index < -0.39 is 10.9 Å². The molecule has 0 radical (unpaired) electrons. The van der Waals surface area contributed by atoms with Gasteiger partial charge in [0.1, 0.15) is 11.4 Å². The molecule has 0 heterocycles. The van der Waals surface area contributed by atoms with Crippen LogP contribution in [0.3, 0.4) is 0 Å². The van der Waals surface area contributed by atoms with Gasteiger partial charge in [-0.1, -0.05) is 51.7 Å². The molecule has 4 heteroatoms. The lowest BCUT2D eigenvalue weighted by Gasteiger charge is -2.22. The molecule has 0 bridgehead atoms. The van der Waals surface area contributed by atoms with Crippen molar-refractivity contribution in [1.29, 1.82) is 0 Å². The Morgan fingerprint density at radius 2 is 1.64 bits per heavy atom. The quantitative estimate of drug-likeness (QED) is 0.727. The lowest BCUT2D eigenvalue weighted by Crippen LogP contribution is -2.37. The predicted octanol–water partition coefficient (Wildman–Crippen LogP) is 4.53. The van der Waals surface area contributed by atoms with Crippen LogP contribution in [-0.2, 0) is 0 Å². The molecule has 2 aromatic carbocycles. The van der Waals surface area contributed by atoms with Gasteiger partial charge in [-0.3, -0.25) is 9.59 Å². The number of hydrogen-bond donors (Lipinski definition) is 2. The van der Waals surface area contributed by atoms with Crippen LogP contribution in [0.4, 0.5) is 17.1 Å². The van der Waals surface area contributed by atoms with Crippen LogP contribution in [-0.4, -0.2) is 6.54 Å². The van der Waals surface area contributed by atoms with Crippen LogP contribution in [0.2, 0.25) is 0 Å².